The van der Waals surface area contributed by atoms with Crippen molar-refractivity contribution in [2.45, 2.75) is 0 Å². The van der Waals surface area contributed by atoms with Gasteiger partial charge in [-0.2, -0.15) is 0 Å². The molecule has 0 unspecified atom stereocenters. The van der Waals surface area contributed by atoms with E-state index in [-0.39, 0.29) is 0 Å². The van der Waals surface area contributed by atoms with Crippen LogP contribution in [0.25, 0.3) is 11.0 Å². The molecule has 13 heavy (non-hydrogen) atoms. The number of hydrogen-bond acceptors (Lipinski definition) is 4. The van der Waals surface area contributed by atoms with Crippen molar-refractivity contribution < 1.29 is 5.21 Å². The van der Waals surface area contributed by atoms with Gasteiger partial charge in [-0.05, 0) is 18.2 Å². The molecule has 2 aromatic rings. The van der Waals surface area contributed by atoms with Gasteiger partial charge in [0.25, 0.3) is 0 Å². The van der Waals surface area contributed by atoms with Gasteiger partial charge in [0.2, 0.25) is 0 Å². The highest BCUT2D eigenvalue weighted by Gasteiger charge is 1.95. The van der Waals surface area contributed by atoms with Crippen LogP contribution in [0, 0.1) is 0 Å². The Morgan fingerprint density at radius 3 is 3.08 bits per heavy atom. The molecule has 4 nitrogen and oxygen atoms in total. The molecule has 1 N–H and O–H groups in total. The molecule has 0 fully saturated rings. The molecule has 0 aliphatic carbocycles. The third-order valence-electron chi connectivity index (χ3n) is 1.68. The van der Waals surface area contributed by atoms with E-state index in [1.165, 1.54) is 6.21 Å². The van der Waals surface area contributed by atoms with E-state index in [0.29, 0.717) is 0 Å². The van der Waals surface area contributed by atoms with Crippen LogP contribution in [-0.2, 0) is 0 Å². The minimum Gasteiger partial charge on any atom is -0.411 e. The fourth-order valence-electron chi connectivity index (χ4n) is 1.11. The highest BCUT2D eigenvalue weighted by molar-refractivity contribution is 5.85. The summed E-state index contributed by atoms with van der Waals surface area (Å²) < 4.78 is 0. The molecular formula is C9H7N3O. The van der Waals surface area contributed by atoms with Crippen molar-refractivity contribution >= 4 is 17.2 Å². The molecule has 0 aliphatic rings. The van der Waals surface area contributed by atoms with Gasteiger partial charge in [0.1, 0.15) is 0 Å². The van der Waals surface area contributed by atoms with Gasteiger partial charge < -0.3 is 5.21 Å². The lowest BCUT2D eigenvalue weighted by Gasteiger charge is -1.95. The summed E-state index contributed by atoms with van der Waals surface area (Å²) in [5, 5.41) is 11.2. The summed E-state index contributed by atoms with van der Waals surface area (Å²) in [6, 6.07) is 5.51. The van der Waals surface area contributed by atoms with Gasteiger partial charge in [-0.1, -0.05) is 5.16 Å². The quantitative estimate of drug-likeness (QED) is 0.403. The van der Waals surface area contributed by atoms with E-state index in [9.17, 15) is 0 Å². The Labute approximate surface area is 74.6 Å². The van der Waals surface area contributed by atoms with Crippen molar-refractivity contribution in [3.05, 3.63) is 36.2 Å². The maximum Gasteiger partial charge on any atom is 0.0893 e. The summed E-state index contributed by atoms with van der Waals surface area (Å²) >= 11 is 0. The first-order valence-corrected chi connectivity index (χ1v) is 3.78. The molecule has 0 atom stereocenters. The predicted molar refractivity (Wildman–Crippen MR) is 48.9 cm³/mol. The topological polar surface area (TPSA) is 58.4 Å². The number of fused-ring (bicyclic) bond motifs is 1. The summed E-state index contributed by atoms with van der Waals surface area (Å²) in [5.41, 5.74) is 2.35. The van der Waals surface area contributed by atoms with Gasteiger partial charge in [0.15, 0.2) is 0 Å². The zero-order valence-electron chi connectivity index (χ0n) is 6.75. The van der Waals surface area contributed by atoms with Crippen molar-refractivity contribution in [1.29, 1.82) is 0 Å². The molecule has 0 saturated carbocycles. The maximum absolute atomic E-state index is 8.31. The Kier molecular flexibility index (Phi) is 1.88. The zero-order valence-corrected chi connectivity index (χ0v) is 6.75. The lowest BCUT2D eigenvalue weighted by molar-refractivity contribution is 0.322. The predicted octanol–water partition coefficient (Wildman–Crippen LogP) is 1.44. The average Bonchev–Trinajstić information content (AvgIpc) is 2.18. The first-order chi connectivity index (χ1) is 6.40. The van der Waals surface area contributed by atoms with Crippen LogP contribution in [0.4, 0.5) is 0 Å². The van der Waals surface area contributed by atoms with Crippen LogP contribution < -0.4 is 0 Å². The fourth-order valence-corrected chi connectivity index (χ4v) is 1.11. The van der Waals surface area contributed by atoms with Crippen molar-refractivity contribution in [3.8, 4) is 0 Å². The lowest BCUT2D eigenvalue weighted by Crippen LogP contribution is -1.86. The number of aromatic nitrogens is 2. The molecule has 0 aliphatic heterocycles. The van der Waals surface area contributed by atoms with Crippen molar-refractivity contribution in [1.82, 2.24) is 9.97 Å². The lowest BCUT2D eigenvalue weighted by atomic mass is 10.2. The van der Waals surface area contributed by atoms with E-state index in [0.717, 1.165) is 16.6 Å². The van der Waals surface area contributed by atoms with E-state index in [2.05, 4.69) is 15.1 Å². The summed E-state index contributed by atoms with van der Waals surface area (Å²) in [4.78, 5) is 8.25. The third-order valence-corrected chi connectivity index (χ3v) is 1.68. The van der Waals surface area contributed by atoms with Gasteiger partial charge in [-0.25, -0.2) is 0 Å². The largest absolute Gasteiger partial charge is 0.411 e. The van der Waals surface area contributed by atoms with Crippen molar-refractivity contribution in [3.63, 3.8) is 0 Å². The van der Waals surface area contributed by atoms with Crippen LogP contribution in [0.2, 0.25) is 0 Å². The molecule has 0 aromatic carbocycles. The second kappa shape index (κ2) is 3.18. The molecule has 0 radical (unpaired) electrons. The molecule has 2 aromatic heterocycles. The Hall–Kier alpha value is -1.97. The van der Waals surface area contributed by atoms with Crippen LogP contribution in [0.15, 0.2) is 35.7 Å². The molecule has 0 amide bonds. The molecule has 0 bridgehead atoms. The van der Waals surface area contributed by atoms with Gasteiger partial charge in [-0.15, -0.1) is 0 Å². The number of hydrogen-bond donors (Lipinski definition) is 1. The molecule has 4 heteroatoms. The average molecular weight is 173 g/mol. The summed E-state index contributed by atoms with van der Waals surface area (Å²) in [5.74, 6) is 0. The highest BCUT2D eigenvalue weighted by atomic mass is 16.4. The van der Waals surface area contributed by atoms with E-state index in [1.807, 2.05) is 18.2 Å². The third kappa shape index (κ3) is 1.46. The number of nitrogens with zero attached hydrogens (tertiary/aromatic N) is 3. The molecule has 2 rings (SSSR count). The molecule has 2 heterocycles. The van der Waals surface area contributed by atoms with E-state index in [4.69, 9.17) is 5.21 Å². The van der Waals surface area contributed by atoms with Crippen LogP contribution in [-0.4, -0.2) is 21.4 Å². The first-order valence-electron chi connectivity index (χ1n) is 3.78. The van der Waals surface area contributed by atoms with E-state index < -0.39 is 0 Å². The van der Waals surface area contributed by atoms with Gasteiger partial charge >= 0.3 is 0 Å². The smallest absolute Gasteiger partial charge is 0.0893 e. The first kappa shape index (κ1) is 7.67. The Bertz CT molecular complexity index is 453. The standard InChI is InChI=1S/C9H7N3O/c13-12-6-7-4-9-8(11-5-7)2-1-3-10-9/h1-6,13H/b12-6+. The number of oxime groups is 1. The summed E-state index contributed by atoms with van der Waals surface area (Å²) in [7, 11) is 0. The Morgan fingerprint density at radius 2 is 2.23 bits per heavy atom. The molecule has 0 saturated heterocycles. The van der Waals surface area contributed by atoms with Crippen molar-refractivity contribution in [2.75, 3.05) is 0 Å². The van der Waals surface area contributed by atoms with Crippen LogP contribution in [0.5, 0.6) is 0 Å². The monoisotopic (exact) mass is 173 g/mol. The normalized spacial score (nSPS) is 11.1. The van der Waals surface area contributed by atoms with Crippen LogP contribution >= 0.6 is 0 Å². The van der Waals surface area contributed by atoms with Crippen molar-refractivity contribution in [2.24, 2.45) is 5.16 Å². The van der Waals surface area contributed by atoms with E-state index >= 15 is 0 Å². The minimum atomic E-state index is 0.730. The second-order valence-electron chi connectivity index (χ2n) is 2.55. The summed E-state index contributed by atoms with van der Waals surface area (Å²) in [6.45, 7) is 0. The van der Waals surface area contributed by atoms with E-state index in [1.54, 1.807) is 12.4 Å². The zero-order chi connectivity index (χ0) is 9.10. The van der Waals surface area contributed by atoms with Gasteiger partial charge in [-0.3, -0.25) is 9.97 Å². The van der Waals surface area contributed by atoms with Crippen LogP contribution in [0.3, 0.4) is 0 Å². The SMILES string of the molecule is O/N=C/c1cnc2cccnc2c1. The van der Waals surface area contributed by atoms with Crippen LogP contribution in [0.1, 0.15) is 5.56 Å². The summed E-state index contributed by atoms with van der Waals surface area (Å²) in [6.07, 6.45) is 4.65. The number of rotatable bonds is 1. The Balaban J connectivity index is 2.62. The molecular weight excluding hydrogens is 166 g/mol. The second-order valence-corrected chi connectivity index (χ2v) is 2.55. The number of pyridine rings is 2. The molecule has 64 valence electrons. The fraction of sp³-hybridized carbons (Fsp3) is 0. The van der Waals surface area contributed by atoms with Gasteiger partial charge in [0, 0.05) is 18.0 Å². The molecule has 0 spiro atoms. The van der Waals surface area contributed by atoms with Gasteiger partial charge in [0.05, 0.1) is 17.2 Å². The maximum atomic E-state index is 8.31. The Morgan fingerprint density at radius 1 is 1.31 bits per heavy atom. The minimum absolute atomic E-state index is 0.730. The highest BCUT2D eigenvalue weighted by Crippen LogP contribution is 2.08.